The number of phenolic OH excluding ortho intramolecular Hbond substituents is 1. The Morgan fingerprint density at radius 1 is 1.29 bits per heavy atom. The number of aromatic hydroxyl groups is 1. The van der Waals surface area contributed by atoms with E-state index in [9.17, 15) is 5.11 Å². The number of nitrogens with one attached hydrogen (secondary N) is 1. The standard InChI is InChI=1S/C14H23NO2/c1-5-14(3,6-2)15-10-11-7-8-12(16)13(9-11)17-4/h7-9,15-16H,5-6,10H2,1-4H3. The van der Waals surface area contributed by atoms with Gasteiger partial charge in [-0.3, -0.25) is 0 Å². The molecule has 0 radical (unpaired) electrons. The molecule has 3 heteroatoms. The summed E-state index contributed by atoms with van der Waals surface area (Å²) in [7, 11) is 1.56. The van der Waals surface area contributed by atoms with Crippen LogP contribution in [0.5, 0.6) is 11.5 Å². The summed E-state index contributed by atoms with van der Waals surface area (Å²) in [6, 6.07) is 5.45. The summed E-state index contributed by atoms with van der Waals surface area (Å²) >= 11 is 0. The van der Waals surface area contributed by atoms with Crippen LogP contribution in [0.1, 0.15) is 39.2 Å². The zero-order chi connectivity index (χ0) is 12.9. The van der Waals surface area contributed by atoms with Crippen molar-refractivity contribution in [2.45, 2.75) is 45.7 Å². The molecule has 17 heavy (non-hydrogen) atoms. The monoisotopic (exact) mass is 237 g/mol. The first kappa shape index (κ1) is 13.8. The molecule has 3 nitrogen and oxygen atoms in total. The number of benzene rings is 1. The molecule has 96 valence electrons. The molecular weight excluding hydrogens is 214 g/mol. The lowest BCUT2D eigenvalue weighted by molar-refractivity contribution is 0.328. The van der Waals surface area contributed by atoms with E-state index in [4.69, 9.17) is 4.74 Å². The average molecular weight is 237 g/mol. The Balaban J connectivity index is 2.69. The van der Waals surface area contributed by atoms with Crippen molar-refractivity contribution in [3.63, 3.8) is 0 Å². The summed E-state index contributed by atoms with van der Waals surface area (Å²) in [5.74, 6) is 0.712. The van der Waals surface area contributed by atoms with Crippen LogP contribution in [0.4, 0.5) is 0 Å². The fourth-order valence-electron chi connectivity index (χ4n) is 1.65. The topological polar surface area (TPSA) is 41.5 Å². The van der Waals surface area contributed by atoms with Crippen molar-refractivity contribution in [2.75, 3.05) is 7.11 Å². The van der Waals surface area contributed by atoms with Crippen LogP contribution in [0.15, 0.2) is 18.2 Å². The van der Waals surface area contributed by atoms with E-state index in [1.54, 1.807) is 13.2 Å². The maximum atomic E-state index is 9.51. The number of ether oxygens (including phenoxy) is 1. The van der Waals surface area contributed by atoms with E-state index < -0.39 is 0 Å². The number of rotatable bonds is 6. The molecule has 0 bridgehead atoms. The minimum absolute atomic E-state index is 0.172. The summed E-state index contributed by atoms with van der Waals surface area (Å²) in [4.78, 5) is 0. The molecule has 0 aliphatic carbocycles. The highest BCUT2D eigenvalue weighted by Gasteiger charge is 2.18. The van der Waals surface area contributed by atoms with Crippen LogP contribution in [0.2, 0.25) is 0 Å². The zero-order valence-electron chi connectivity index (χ0n) is 11.2. The van der Waals surface area contributed by atoms with Crippen molar-refractivity contribution in [3.8, 4) is 11.5 Å². The molecular formula is C14H23NO2. The van der Waals surface area contributed by atoms with Gasteiger partial charge in [-0.25, -0.2) is 0 Å². The van der Waals surface area contributed by atoms with E-state index in [1.165, 1.54) is 0 Å². The van der Waals surface area contributed by atoms with Crippen molar-refractivity contribution >= 4 is 0 Å². The molecule has 0 amide bonds. The number of hydrogen-bond donors (Lipinski definition) is 2. The smallest absolute Gasteiger partial charge is 0.160 e. The lowest BCUT2D eigenvalue weighted by Gasteiger charge is -2.28. The highest BCUT2D eigenvalue weighted by molar-refractivity contribution is 5.41. The number of phenols is 1. The fraction of sp³-hybridized carbons (Fsp3) is 0.571. The molecule has 0 unspecified atom stereocenters. The molecule has 1 aromatic rings. The average Bonchev–Trinajstić information content (AvgIpc) is 2.37. The van der Waals surface area contributed by atoms with Gasteiger partial charge in [0.1, 0.15) is 0 Å². The van der Waals surface area contributed by atoms with Gasteiger partial charge in [0.05, 0.1) is 7.11 Å². The van der Waals surface area contributed by atoms with E-state index >= 15 is 0 Å². The first-order chi connectivity index (χ1) is 8.04. The van der Waals surface area contributed by atoms with Gasteiger partial charge in [0.2, 0.25) is 0 Å². The molecule has 0 aliphatic rings. The third-order valence-electron chi connectivity index (χ3n) is 3.52. The lowest BCUT2D eigenvalue weighted by atomic mass is 9.95. The van der Waals surface area contributed by atoms with Gasteiger partial charge >= 0.3 is 0 Å². The first-order valence-electron chi connectivity index (χ1n) is 6.15. The normalized spacial score (nSPS) is 11.5. The maximum absolute atomic E-state index is 9.51. The summed E-state index contributed by atoms with van der Waals surface area (Å²) < 4.78 is 5.09. The highest BCUT2D eigenvalue weighted by Crippen LogP contribution is 2.26. The van der Waals surface area contributed by atoms with Gasteiger partial charge in [0.15, 0.2) is 11.5 Å². The van der Waals surface area contributed by atoms with Gasteiger partial charge in [-0.1, -0.05) is 19.9 Å². The summed E-state index contributed by atoms with van der Waals surface area (Å²) in [6.07, 6.45) is 2.19. The molecule has 1 rings (SSSR count). The van der Waals surface area contributed by atoms with Crippen molar-refractivity contribution in [1.29, 1.82) is 0 Å². The molecule has 0 heterocycles. The van der Waals surface area contributed by atoms with Crippen LogP contribution in [-0.4, -0.2) is 17.8 Å². The van der Waals surface area contributed by atoms with Gasteiger partial charge in [0.25, 0.3) is 0 Å². The van der Waals surface area contributed by atoms with Gasteiger partial charge in [-0.15, -0.1) is 0 Å². The molecule has 0 fully saturated rings. The predicted octanol–water partition coefficient (Wildman–Crippen LogP) is 3.07. The van der Waals surface area contributed by atoms with Gasteiger partial charge in [-0.05, 0) is 37.5 Å². The largest absolute Gasteiger partial charge is 0.504 e. The SMILES string of the molecule is CCC(C)(CC)NCc1ccc(O)c(OC)c1. The minimum atomic E-state index is 0.172. The van der Waals surface area contributed by atoms with Gasteiger partial charge < -0.3 is 15.2 Å². The summed E-state index contributed by atoms with van der Waals surface area (Å²) in [5, 5.41) is 13.1. The predicted molar refractivity (Wildman–Crippen MR) is 70.5 cm³/mol. The third kappa shape index (κ3) is 3.63. The van der Waals surface area contributed by atoms with E-state index in [0.29, 0.717) is 5.75 Å². The minimum Gasteiger partial charge on any atom is -0.504 e. The quantitative estimate of drug-likeness (QED) is 0.799. The Morgan fingerprint density at radius 2 is 1.94 bits per heavy atom. The van der Waals surface area contributed by atoms with E-state index in [0.717, 1.165) is 24.9 Å². The van der Waals surface area contributed by atoms with Crippen molar-refractivity contribution < 1.29 is 9.84 Å². The Kier molecular flexibility index (Phi) is 4.82. The van der Waals surface area contributed by atoms with E-state index in [1.807, 2.05) is 12.1 Å². The van der Waals surface area contributed by atoms with Crippen LogP contribution >= 0.6 is 0 Å². The molecule has 0 saturated heterocycles. The van der Waals surface area contributed by atoms with Crippen LogP contribution < -0.4 is 10.1 Å². The van der Waals surface area contributed by atoms with Crippen molar-refractivity contribution in [1.82, 2.24) is 5.32 Å². The summed E-state index contributed by atoms with van der Waals surface area (Å²) in [5.41, 5.74) is 1.29. The molecule has 0 aromatic heterocycles. The Bertz CT molecular complexity index is 359. The number of hydrogen-bond acceptors (Lipinski definition) is 3. The fourth-order valence-corrected chi connectivity index (χ4v) is 1.65. The Morgan fingerprint density at radius 3 is 2.47 bits per heavy atom. The second-order valence-electron chi connectivity index (χ2n) is 4.63. The van der Waals surface area contributed by atoms with Gasteiger partial charge in [0, 0.05) is 12.1 Å². The zero-order valence-corrected chi connectivity index (χ0v) is 11.2. The van der Waals surface area contributed by atoms with E-state index in [-0.39, 0.29) is 11.3 Å². The highest BCUT2D eigenvalue weighted by atomic mass is 16.5. The first-order valence-corrected chi connectivity index (χ1v) is 6.15. The Hall–Kier alpha value is -1.22. The Labute approximate surface area is 104 Å². The van der Waals surface area contributed by atoms with Crippen LogP contribution in [0.25, 0.3) is 0 Å². The van der Waals surface area contributed by atoms with Crippen LogP contribution in [0, 0.1) is 0 Å². The van der Waals surface area contributed by atoms with Crippen LogP contribution in [0.3, 0.4) is 0 Å². The maximum Gasteiger partial charge on any atom is 0.160 e. The third-order valence-corrected chi connectivity index (χ3v) is 3.52. The molecule has 1 aromatic carbocycles. The molecule has 2 N–H and O–H groups in total. The lowest BCUT2D eigenvalue weighted by Crippen LogP contribution is -2.40. The molecule has 0 aliphatic heterocycles. The second kappa shape index (κ2) is 5.92. The summed E-state index contributed by atoms with van der Waals surface area (Å²) in [6.45, 7) is 7.39. The molecule has 0 saturated carbocycles. The number of methoxy groups -OCH3 is 1. The second-order valence-corrected chi connectivity index (χ2v) is 4.63. The van der Waals surface area contributed by atoms with Crippen molar-refractivity contribution in [3.05, 3.63) is 23.8 Å². The molecule has 0 spiro atoms. The molecule has 0 atom stereocenters. The van der Waals surface area contributed by atoms with E-state index in [2.05, 4.69) is 26.1 Å². The van der Waals surface area contributed by atoms with Crippen molar-refractivity contribution in [2.24, 2.45) is 0 Å². The van der Waals surface area contributed by atoms with Crippen LogP contribution in [-0.2, 0) is 6.54 Å². The van der Waals surface area contributed by atoms with Gasteiger partial charge in [-0.2, -0.15) is 0 Å².